The van der Waals surface area contributed by atoms with Crippen LogP contribution in [0.25, 0.3) is 0 Å². The van der Waals surface area contributed by atoms with E-state index in [1.165, 1.54) is 18.7 Å². The fourth-order valence-corrected chi connectivity index (χ4v) is 3.46. The fraction of sp³-hybridized carbons (Fsp3) is 0.706. The van der Waals surface area contributed by atoms with Gasteiger partial charge < -0.3 is 9.98 Å². The van der Waals surface area contributed by atoms with E-state index in [4.69, 9.17) is 10.7 Å². The molecule has 0 aliphatic carbocycles. The van der Waals surface area contributed by atoms with Gasteiger partial charge in [-0.3, -0.25) is 9.69 Å². The van der Waals surface area contributed by atoms with Gasteiger partial charge >= 0.3 is 0 Å². The standard InChI is InChI=1S/C17H28N6OS/c1-6-8-9-23-16(14(7-2)22(4)5)20-21-17(23)25-11-15(24)13(10-18)12(3)19/h13-14,19H,6-9,11H2,1-5H3/t13-,14-/m0/s1. The van der Waals surface area contributed by atoms with Crippen molar-refractivity contribution in [3.63, 3.8) is 0 Å². The molecule has 1 rings (SSSR count). The number of nitriles is 1. The van der Waals surface area contributed by atoms with Crippen LogP contribution in [0.5, 0.6) is 0 Å². The molecule has 0 unspecified atom stereocenters. The van der Waals surface area contributed by atoms with E-state index in [9.17, 15) is 4.79 Å². The predicted molar refractivity (Wildman–Crippen MR) is 99.9 cm³/mol. The van der Waals surface area contributed by atoms with Gasteiger partial charge in [-0.1, -0.05) is 32.0 Å². The number of carbonyl (C=O) groups is 1. The largest absolute Gasteiger partial charge is 0.308 e. The van der Waals surface area contributed by atoms with Crippen LogP contribution in [0.2, 0.25) is 0 Å². The fourth-order valence-electron chi connectivity index (χ4n) is 2.59. The molecule has 0 aromatic carbocycles. The Hall–Kier alpha value is -1.72. The molecule has 1 N–H and O–H groups in total. The minimum Gasteiger partial charge on any atom is -0.308 e. The molecule has 8 heteroatoms. The average Bonchev–Trinajstić information content (AvgIpc) is 2.94. The summed E-state index contributed by atoms with van der Waals surface area (Å²) in [5, 5.41) is 25.9. The number of ketones is 1. The lowest BCUT2D eigenvalue weighted by atomic mass is 10.0. The molecule has 0 aliphatic rings. The third-order valence-corrected chi connectivity index (χ3v) is 5.01. The van der Waals surface area contributed by atoms with E-state index in [-0.39, 0.29) is 23.3 Å². The van der Waals surface area contributed by atoms with Crippen LogP contribution in [0.3, 0.4) is 0 Å². The second kappa shape index (κ2) is 10.3. The van der Waals surface area contributed by atoms with Crippen molar-refractivity contribution in [2.75, 3.05) is 19.8 Å². The van der Waals surface area contributed by atoms with Crippen molar-refractivity contribution in [2.24, 2.45) is 5.92 Å². The summed E-state index contributed by atoms with van der Waals surface area (Å²) in [6.07, 6.45) is 2.99. The number of Topliss-reactive ketones (excluding diaryl/α,β-unsaturated/α-hetero) is 1. The van der Waals surface area contributed by atoms with Gasteiger partial charge in [0.25, 0.3) is 0 Å². The number of nitrogens with zero attached hydrogens (tertiary/aromatic N) is 5. The molecule has 0 fully saturated rings. The molecule has 0 radical (unpaired) electrons. The van der Waals surface area contributed by atoms with Crippen molar-refractivity contribution in [1.29, 1.82) is 10.7 Å². The van der Waals surface area contributed by atoms with Crippen LogP contribution < -0.4 is 0 Å². The minimum absolute atomic E-state index is 0.0832. The van der Waals surface area contributed by atoms with Gasteiger partial charge in [-0.2, -0.15) is 5.26 Å². The second-order valence-electron chi connectivity index (χ2n) is 6.23. The van der Waals surface area contributed by atoms with E-state index in [2.05, 4.69) is 33.5 Å². The van der Waals surface area contributed by atoms with Gasteiger partial charge in [0.2, 0.25) is 0 Å². The van der Waals surface area contributed by atoms with Crippen molar-refractivity contribution in [3.05, 3.63) is 5.82 Å². The molecule has 25 heavy (non-hydrogen) atoms. The second-order valence-corrected chi connectivity index (χ2v) is 7.18. The number of rotatable bonds is 11. The maximum Gasteiger partial charge on any atom is 0.191 e. The summed E-state index contributed by atoms with van der Waals surface area (Å²) in [5.41, 5.74) is 0.0832. The smallest absolute Gasteiger partial charge is 0.191 e. The van der Waals surface area contributed by atoms with Gasteiger partial charge in [0.15, 0.2) is 16.8 Å². The summed E-state index contributed by atoms with van der Waals surface area (Å²) < 4.78 is 2.09. The SMILES string of the molecule is CCCCn1c(SCC(=O)[C@@H](C#N)C(C)=N)nnc1[C@H](CC)N(C)C. The Kier molecular flexibility index (Phi) is 8.79. The highest BCUT2D eigenvalue weighted by Crippen LogP contribution is 2.26. The van der Waals surface area contributed by atoms with Gasteiger partial charge in [0.1, 0.15) is 5.92 Å². The lowest BCUT2D eigenvalue weighted by Crippen LogP contribution is -2.24. The Labute approximate surface area is 154 Å². The molecule has 1 heterocycles. The minimum atomic E-state index is -0.968. The van der Waals surface area contributed by atoms with Crippen molar-refractivity contribution in [2.45, 2.75) is 57.8 Å². The van der Waals surface area contributed by atoms with Crippen LogP contribution in [0.1, 0.15) is 51.9 Å². The summed E-state index contributed by atoms with van der Waals surface area (Å²) in [5.74, 6) is -0.191. The highest BCUT2D eigenvalue weighted by atomic mass is 32.2. The van der Waals surface area contributed by atoms with Crippen molar-refractivity contribution in [3.8, 4) is 6.07 Å². The molecule has 0 bridgehead atoms. The van der Waals surface area contributed by atoms with Crippen molar-refractivity contribution >= 4 is 23.3 Å². The van der Waals surface area contributed by atoms with E-state index < -0.39 is 5.92 Å². The molecule has 1 aromatic rings. The number of unbranched alkanes of at least 4 members (excludes halogenated alkanes) is 1. The quantitative estimate of drug-likeness (QED) is 0.479. The van der Waals surface area contributed by atoms with Crippen LogP contribution >= 0.6 is 11.8 Å². The van der Waals surface area contributed by atoms with Gasteiger partial charge in [0.05, 0.1) is 17.9 Å². The van der Waals surface area contributed by atoms with Crippen molar-refractivity contribution < 1.29 is 4.79 Å². The maximum atomic E-state index is 12.2. The predicted octanol–water partition coefficient (Wildman–Crippen LogP) is 2.93. The van der Waals surface area contributed by atoms with E-state index in [1.807, 2.05) is 20.2 Å². The first kappa shape index (κ1) is 21.3. The third-order valence-electron chi connectivity index (χ3n) is 4.02. The number of aromatic nitrogens is 3. The van der Waals surface area contributed by atoms with Crippen LogP contribution in [0, 0.1) is 22.7 Å². The number of carbonyl (C=O) groups excluding carboxylic acids is 1. The normalized spacial score (nSPS) is 13.5. The molecule has 7 nitrogen and oxygen atoms in total. The van der Waals surface area contributed by atoms with Gasteiger partial charge in [-0.25, -0.2) is 0 Å². The number of thioether (sulfide) groups is 1. The Morgan fingerprint density at radius 2 is 2.08 bits per heavy atom. The highest BCUT2D eigenvalue weighted by Gasteiger charge is 2.24. The van der Waals surface area contributed by atoms with Crippen LogP contribution in [-0.4, -0.2) is 51.0 Å². The zero-order valence-corrected chi connectivity index (χ0v) is 16.6. The Morgan fingerprint density at radius 1 is 1.40 bits per heavy atom. The lowest BCUT2D eigenvalue weighted by molar-refractivity contribution is -0.117. The van der Waals surface area contributed by atoms with E-state index in [1.54, 1.807) is 0 Å². The summed E-state index contributed by atoms with van der Waals surface area (Å²) >= 11 is 1.30. The number of hydrogen-bond acceptors (Lipinski definition) is 7. The third kappa shape index (κ3) is 5.65. The number of nitrogens with one attached hydrogen (secondary N) is 1. The molecule has 0 spiro atoms. The summed E-state index contributed by atoms with van der Waals surface area (Å²) in [4.78, 5) is 14.3. The molecule has 2 atom stereocenters. The van der Waals surface area contributed by atoms with Gasteiger partial charge in [0, 0.05) is 12.3 Å². The summed E-state index contributed by atoms with van der Waals surface area (Å²) in [6, 6.07) is 2.07. The maximum absolute atomic E-state index is 12.2. The zero-order valence-electron chi connectivity index (χ0n) is 15.7. The van der Waals surface area contributed by atoms with Gasteiger partial charge in [-0.15, -0.1) is 10.2 Å². The molecular weight excluding hydrogens is 336 g/mol. The first-order chi connectivity index (χ1) is 11.9. The summed E-state index contributed by atoms with van der Waals surface area (Å²) in [7, 11) is 4.04. The van der Waals surface area contributed by atoms with E-state index >= 15 is 0 Å². The molecular formula is C17H28N6OS. The first-order valence-corrected chi connectivity index (χ1v) is 9.55. The van der Waals surface area contributed by atoms with Crippen LogP contribution in [0.4, 0.5) is 0 Å². The zero-order chi connectivity index (χ0) is 19.0. The van der Waals surface area contributed by atoms with E-state index in [0.29, 0.717) is 5.16 Å². The molecule has 0 saturated heterocycles. The monoisotopic (exact) mass is 364 g/mol. The molecule has 0 amide bonds. The number of hydrogen-bond donors (Lipinski definition) is 1. The Morgan fingerprint density at radius 3 is 2.56 bits per heavy atom. The molecule has 0 saturated carbocycles. The lowest BCUT2D eigenvalue weighted by Gasteiger charge is -2.23. The molecule has 1 aromatic heterocycles. The average molecular weight is 365 g/mol. The Bertz CT molecular complexity index is 634. The molecule has 0 aliphatic heterocycles. The molecule has 138 valence electrons. The Balaban J connectivity index is 2.99. The van der Waals surface area contributed by atoms with Gasteiger partial charge in [-0.05, 0) is 33.9 Å². The van der Waals surface area contributed by atoms with Crippen molar-refractivity contribution in [1.82, 2.24) is 19.7 Å². The van der Waals surface area contributed by atoms with E-state index in [0.717, 1.165) is 31.6 Å². The summed E-state index contributed by atoms with van der Waals surface area (Å²) in [6.45, 7) is 6.55. The van der Waals surface area contributed by atoms with Crippen LogP contribution in [0.15, 0.2) is 5.16 Å². The highest BCUT2D eigenvalue weighted by molar-refractivity contribution is 7.99. The topological polar surface area (TPSA) is 98.7 Å². The first-order valence-electron chi connectivity index (χ1n) is 8.56. The van der Waals surface area contributed by atoms with Crippen LogP contribution in [-0.2, 0) is 11.3 Å².